The van der Waals surface area contributed by atoms with Crippen molar-refractivity contribution < 1.29 is 38.4 Å². The number of allylic oxidation sites excluding steroid dienone is 3. The zero-order chi connectivity index (χ0) is 39.1. The van der Waals surface area contributed by atoms with Crippen molar-refractivity contribution in [2.45, 2.75) is 4.90 Å². The molecule has 9 heteroatoms. The highest BCUT2D eigenvalue weighted by Crippen LogP contribution is 2.46. The van der Waals surface area contributed by atoms with Crippen molar-refractivity contribution in [3.05, 3.63) is 191 Å². The van der Waals surface area contributed by atoms with Crippen LogP contribution in [0.25, 0.3) is 55.1 Å². The SMILES string of the molecule is COc1ccc(-c2c(-c3ccccc3)c(C=CC=C3C=C(c4ccc(OC)c(-c5ccccc5)c4)c4ccccc4S3)[s+]c3ccccc23)cc1.[O-][Cl+3]([O-])([O-])[O-]. The van der Waals surface area contributed by atoms with Gasteiger partial charge in [0.15, 0.2) is 0 Å². The number of fused-ring (bicyclic) bond motifs is 2. The Balaban J connectivity index is 0.000000905. The van der Waals surface area contributed by atoms with E-state index < -0.39 is 10.2 Å². The van der Waals surface area contributed by atoms with Crippen molar-refractivity contribution >= 4 is 44.8 Å². The van der Waals surface area contributed by atoms with E-state index >= 15 is 0 Å². The van der Waals surface area contributed by atoms with Crippen LogP contribution in [-0.4, -0.2) is 14.2 Å². The van der Waals surface area contributed by atoms with Gasteiger partial charge in [0, 0.05) is 38.5 Å². The van der Waals surface area contributed by atoms with Gasteiger partial charge in [0.25, 0.3) is 0 Å². The summed E-state index contributed by atoms with van der Waals surface area (Å²) in [4.78, 5) is 3.63. The number of benzene rings is 6. The summed E-state index contributed by atoms with van der Waals surface area (Å²) < 4.78 is 46.5. The Kier molecular flexibility index (Phi) is 12.1. The van der Waals surface area contributed by atoms with Gasteiger partial charge < -0.3 is 9.47 Å². The average molecular weight is 795 g/mol. The first-order valence-electron chi connectivity index (χ1n) is 17.5. The van der Waals surface area contributed by atoms with Crippen molar-refractivity contribution in [3.63, 3.8) is 0 Å². The predicted octanol–water partition coefficient (Wildman–Crippen LogP) is 8.58. The molecule has 0 saturated heterocycles. The van der Waals surface area contributed by atoms with E-state index in [1.165, 1.54) is 52.6 Å². The summed E-state index contributed by atoms with van der Waals surface area (Å²) >= 11 is 3.63. The second kappa shape index (κ2) is 17.5. The number of hydrogen-bond donors (Lipinski definition) is 0. The maximum atomic E-state index is 8.49. The van der Waals surface area contributed by atoms with Gasteiger partial charge in [-0.1, -0.05) is 127 Å². The van der Waals surface area contributed by atoms with Crippen LogP contribution in [0.4, 0.5) is 0 Å². The maximum absolute atomic E-state index is 8.49. The Hall–Kier alpha value is -5.55. The molecular formula is C47H35ClO6S2. The molecule has 6 nitrogen and oxygen atoms in total. The van der Waals surface area contributed by atoms with Gasteiger partial charge in [-0.25, -0.2) is 18.6 Å². The summed E-state index contributed by atoms with van der Waals surface area (Å²) in [6.07, 6.45) is 9.04. The highest BCUT2D eigenvalue weighted by atomic mass is 35.7. The lowest BCUT2D eigenvalue weighted by Gasteiger charge is -2.20. The minimum atomic E-state index is -4.94. The van der Waals surface area contributed by atoms with Crippen molar-refractivity contribution in [1.82, 2.24) is 0 Å². The van der Waals surface area contributed by atoms with Crippen LogP contribution in [0, 0.1) is 10.2 Å². The van der Waals surface area contributed by atoms with Crippen molar-refractivity contribution in [3.8, 4) is 44.9 Å². The summed E-state index contributed by atoms with van der Waals surface area (Å²) in [6.45, 7) is 0. The number of halogens is 1. The molecule has 0 saturated carbocycles. The zero-order valence-electron chi connectivity index (χ0n) is 30.4. The second-order valence-corrected chi connectivity index (χ2v) is 15.5. The van der Waals surface area contributed by atoms with Crippen LogP contribution in [0.3, 0.4) is 0 Å². The molecule has 0 atom stereocenters. The fourth-order valence-electron chi connectivity index (χ4n) is 6.68. The summed E-state index contributed by atoms with van der Waals surface area (Å²) in [5.74, 6) is 1.71. The van der Waals surface area contributed by atoms with E-state index in [9.17, 15) is 0 Å². The molecular weight excluding hydrogens is 760 g/mol. The molecule has 1 aliphatic rings. The molecule has 6 aromatic carbocycles. The average Bonchev–Trinajstić information content (AvgIpc) is 3.22. The van der Waals surface area contributed by atoms with Crippen LogP contribution in [-0.2, 0) is 0 Å². The summed E-state index contributed by atoms with van der Waals surface area (Å²) in [5.41, 5.74) is 10.6. The van der Waals surface area contributed by atoms with Gasteiger partial charge in [-0.2, -0.15) is 0 Å². The first-order chi connectivity index (χ1) is 27.2. The minimum absolute atomic E-state index is 0.847. The third kappa shape index (κ3) is 9.11. The van der Waals surface area contributed by atoms with E-state index in [0.717, 1.165) is 33.8 Å². The number of ether oxygens (including phenoxy) is 2. The van der Waals surface area contributed by atoms with E-state index in [4.69, 9.17) is 28.1 Å². The highest BCUT2D eigenvalue weighted by Gasteiger charge is 2.25. The molecule has 0 bridgehead atoms. The third-order valence-corrected chi connectivity index (χ3v) is 11.3. The molecule has 1 aliphatic heterocycles. The first kappa shape index (κ1) is 38.7. The van der Waals surface area contributed by atoms with Crippen LogP contribution in [0.15, 0.2) is 180 Å². The largest absolute Gasteiger partial charge is 0.497 e. The van der Waals surface area contributed by atoms with E-state index in [1.54, 1.807) is 26.0 Å². The molecule has 1 aromatic heterocycles. The first-order valence-corrected chi connectivity index (χ1v) is 20.4. The van der Waals surface area contributed by atoms with Gasteiger partial charge in [0.05, 0.1) is 19.8 Å². The Morgan fingerprint density at radius 1 is 0.589 bits per heavy atom. The lowest BCUT2D eigenvalue weighted by molar-refractivity contribution is -2.00. The lowest BCUT2D eigenvalue weighted by atomic mass is 9.92. The topological polar surface area (TPSA) is 111 Å². The van der Waals surface area contributed by atoms with Crippen LogP contribution < -0.4 is 28.1 Å². The Labute approximate surface area is 336 Å². The summed E-state index contributed by atoms with van der Waals surface area (Å²) in [6, 6.07) is 53.5. The highest BCUT2D eigenvalue weighted by molar-refractivity contribution is 8.03. The Morgan fingerprint density at radius 3 is 1.89 bits per heavy atom. The van der Waals surface area contributed by atoms with Crippen molar-refractivity contribution in [2.24, 2.45) is 0 Å². The Bertz CT molecular complexity index is 2560. The molecule has 0 unspecified atom stereocenters. The Morgan fingerprint density at radius 2 is 1.20 bits per heavy atom. The van der Waals surface area contributed by atoms with E-state index in [2.05, 4.69) is 158 Å². The molecule has 0 aliphatic carbocycles. The van der Waals surface area contributed by atoms with Crippen molar-refractivity contribution in [2.75, 3.05) is 14.2 Å². The monoisotopic (exact) mass is 794 g/mol. The van der Waals surface area contributed by atoms with E-state index in [-0.39, 0.29) is 0 Å². The number of rotatable bonds is 8. The summed E-state index contributed by atoms with van der Waals surface area (Å²) in [5, 5.41) is 1.24. The number of thioether (sulfide) groups is 1. The molecule has 7 aromatic rings. The van der Waals surface area contributed by atoms with Crippen LogP contribution in [0.5, 0.6) is 11.5 Å². The molecule has 0 radical (unpaired) electrons. The summed E-state index contributed by atoms with van der Waals surface area (Å²) in [7, 11) is -1.50. The van der Waals surface area contributed by atoms with Crippen LogP contribution >= 0.6 is 23.1 Å². The quantitative estimate of drug-likeness (QED) is 0.142. The van der Waals surface area contributed by atoms with Crippen LogP contribution in [0.1, 0.15) is 16.0 Å². The molecule has 0 N–H and O–H groups in total. The fourth-order valence-corrected chi connectivity index (χ4v) is 8.82. The molecule has 278 valence electrons. The van der Waals surface area contributed by atoms with Gasteiger partial charge in [-0.3, -0.25) is 0 Å². The lowest BCUT2D eigenvalue weighted by Crippen LogP contribution is -2.68. The number of methoxy groups -OCH3 is 2. The standard InChI is InChI=1S/C47H35O2S2.ClHO4/c1-48-36-27-24-34(25-28-36)46-39-20-10-12-22-44(39)51-45(47(46)33-16-7-4-8-17-33)23-13-18-37-31-40(38-19-9-11-21-43(38)50-37)35-26-29-42(49-2)41(30-35)32-14-5-3-6-15-32;2-1(3,4)5/h3-31H,1-2H3;(H,2,3,4,5)/q+1;/p-1. The molecule has 0 spiro atoms. The smallest absolute Gasteiger partial charge is 0.239 e. The molecule has 2 heterocycles. The molecule has 56 heavy (non-hydrogen) atoms. The predicted molar refractivity (Wildman–Crippen MR) is 219 cm³/mol. The van der Waals surface area contributed by atoms with Gasteiger partial charge in [0.1, 0.15) is 11.5 Å². The zero-order valence-corrected chi connectivity index (χ0v) is 32.8. The third-order valence-electron chi connectivity index (χ3n) is 9.11. The second-order valence-electron chi connectivity index (χ2n) is 12.6. The normalized spacial score (nSPS) is 13.2. The fraction of sp³-hybridized carbons (Fsp3) is 0.0426. The van der Waals surface area contributed by atoms with Crippen LogP contribution in [0.2, 0.25) is 0 Å². The molecule has 0 amide bonds. The van der Waals surface area contributed by atoms with E-state index in [1.807, 2.05) is 29.5 Å². The van der Waals surface area contributed by atoms with Gasteiger partial charge in [-0.15, -0.1) is 10.2 Å². The van der Waals surface area contributed by atoms with E-state index in [0.29, 0.717) is 0 Å². The minimum Gasteiger partial charge on any atom is -0.497 e. The van der Waals surface area contributed by atoms with Gasteiger partial charge >= 0.3 is 0 Å². The molecule has 8 rings (SSSR count). The van der Waals surface area contributed by atoms with Gasteiger partial charge in [0.2, 0.25) is 20.9 Å². The number of hydrogen-bond acceptors (Lipinski definition) is 7. The van der Waals surface area contributed by atoms with Crippen molar-refractivity contribution in [1.29, 1.82) is 0 Å². The maximum Gasteiger partial charge on any atom is 0.239 e. The molecule has 0 fully saturated rings. The van der Waals surface area contributed by atoms with Gasteiger partial charge in [-0.05, 0) is 81.9 Å².